The third-order valence-electron chi connectivity index (χ3n) is 3.50. The first-order valence-electron chi connectivity index (χ1n) is 6.86. The van der Waals surface area contributed by atoms with Crippen LogP contribution in [0.15, 0.2) is 42.5 Å². The van der Waals surface area contributed by atoms with E-state index >= 15 is 0 Å². The molecule has 0 saturated heterocycles. The lowest BCUT2D eigenvalue weighted by atomic mass is 9.98. The second-order valence-electron chi connectivity index (χ2n) is 4.98. The van der Waals surface area contributed by atoms with Crippen molar-refractivity contribution in [1.29, 1.82) is 0 Å². The van der Waals surface area contributed by atoms with Crippen molar-refractivity contribution in [2.75, 3.05) is 14.2 Å². The van der Waals surface area contributed by atoms with Crippen molar-refractivity contribution in [1.82, 2.24) is 5.32 Å². The summed E-state index contributed by atoms with van der Waals surface area (Å²) in [6.07, 6.45) is 1.14. The van der Waals surface area contributed by atoms with Gasteiger partial charge in [-0.3, -0.25) is 0 Å². The van der Waals surface area contributed by atoms with Gasteiger partial charge in [-0.05, 0) is 61.3 Å². The molecule has 0 aliphatic carbocycles. The van der Waals surface area contributed by atoms with E-state index in [1.54, 1.807) is 7.11 Å². The first kappa shape index (κ1) is 15.4. The van der Waals surface area contributed by atoms with Gasteiger partial charge in [0.15, 0.2) is 0 Å². The molecule has 0 fully saturated rings. The molecule has 2 rings (SSSR count). The second-order valence-corrected chi connectivity index (χ2v) is 4.98. The van der Waals surface area contributed by atoms with Crippen LogP contribution in [0.3, 0.4) is 0 Å². The summed E-state index contributed by atoms with van der Waals surface area (Å²) < 4.78 is 32.1. The predicted octanol–water partition coefficient (Wildman–Crippen LogP) is 3.35. The summed E-state index contributed by atoms with van der Waals surface area (Å²) in [5.74, 6) is 0.00390. The van der Waals surface area contributed by atoms with Crippen LogP contribution >= 0.6 is 0 Å². The average molecular weight is 291 g/mol. The molecule has 0 radical (unpaired) electrons. The van der Waals surface area contributed by atoms with E-state index in [1.807, 2.05) is 31.3 Å². The fraction of sp³-hybridized carbons (Fsp3) is 0.294. The van der Waals surface area contributed by atoms with Crippen LogP contribution in [0.25, 0.3) is 0 Å². The molecule has 21 heavy (non-hydrogen) atoms. The van der Waals surface area contributed by atoms with E-state index in [-0.39, 0.29) is 11.9 Å². The number of hydrogen-bond donors (Lipinski definition) is 1. The number of nitrogens with one attached hydrogen (secondary N) is 1. The summed E-state index contributed by atoms with van der Waals surface area (Å²) in [7, 11) is 3.44. The molecule has 0 heterocycles. The van der Waals surface area contributed by atoms with Crippen LogP contribution in [-0.2, 0) is 12.8 Å². The summed E-state index contributed by atoms with van der Waals surface area (Å²) in [5.41, 5.74) is 1.47. The predicted molar refractivity (Wildman–Crippen MR) is 79.6 cm³/mol. The van der Waals surface area contributed by atoms with Gasteiger partial charge in [0, 0.05) is 6.04 Å². The van der Waals surface area contributed by atoms with Crippen molar-refractivity contribution in [3.63, 3.8) is 0 Å². The van der Waals surface area contributed by atoms with Crippen LogP contribution in [0.1, 0.15) is 11.1 Å². The highest BCUT2D eigenvalue weighted by Gasteiger charge is 2.12. The zero-order valence-corrected chi connectivity index (χ0v) is 12.2. The normalized spacial score (nSPS) is 12.2. The minimum atomic E-state index is -0.414. The lowest BCUT2D eigenvalue weighted by Crippen LogP contribution is -2.30. The maximum absolute atomic E-state index is 13.7. The highest BCUT2D eigenvalue weighted by Crippen LogP contribution is 2.17. The zero-order chi connectivity index (χ0) is 15.2. The van der Waals surface area contributed by atoms with Gasteiger partial charge in [0.25, 0.3) is 0 Å². The van der Waals surface area contributed by atoms with Gasteiger partial charge in [-0.1, -0.05) is 12.1 Å². The van der Waals surface area contributed by atoms with Crippen LogP contribution in [0.2, 0.25) is 0 Å². The summed E-state index contributed by atoms with van der Waals surface area (Å²) in [6.45, 7) is 0. The molecule has 2 aromatic carbocycles. The minimum absolute atomic E-state index is 0.0217. The molecule has 0 aliphatic rings. The molecule has 1 atom stereocenters. The molecule has 0 amide bonds. The Morgan fingerprint density at radius 2 is 1.90 bits per heavy atom. The molecule has 0 spiro atoms. The molecule has 0 aliphatic heterocycles. The van der Waals surface area contributed by atoms with Gasteiger partial charge in [-0.2, -0.15) is 0 Å². The third-order valence-corrected chi connectivity index (χ3v) is 3.50. The van der Waals surface area contributed by atoms with Gasteiger partial charge in [0.05, 0.1) is 7.11 Å². The first-order chi connectivity index (χ1) is 10.1. The van der Waals surface area contributed by atoms with Gasteiger partial charge < -0.3 is 10.1 Å². The van der Waals surface area contributed by atoms with Crippen LogP contribution in [0.4, 0.5) is 8.78 Å². The molecule has 0 aromatic heterocycles. The van der Waals surface area contributed by atoms with Gasteiger partial charge in [0.1, 0.15) is 17.4 Å². The number of halogens is 2. The smallest absolute Gasteiger partial charge is 0.126 e. The Labute approximate surface area is 123 Å². The molecular weight excluding hydrogens is 272 g/mol. The SMILES string of the molecule is CNC(Cc1cccc(OC)c1)Cc1cc(F)ccc1F. The Bertz CT molecular complexity index is 601. The summed E-state index contributed by atoms with van der Waals surface area (Å²) in [4.78, 5) is 0. The van der Waals surface area contributed by atoms with Gasteiger partial charge >= 0.3 is 0 Å². The first-order valence-corrected chi connectivity index (χ1v) is 6.86. The van der Waals surface area contributed by atoms with Crippen molar-refractivity contribution < 1.29 is 13.5 Å². The minimum Gasteiger partial charge on any atom is -0.497 e. The average Bonchev–Trinajstić information content (AvgIpc) is 2.50. The van der Waals surface area contributed by atoms with E-state index in [0.29, 0.717) is 18.4 Å². The molecule has 0 saturated carbocycles. The van der Waals surface area contributed by atoms with E-state index in [2.05, 4.69) is 5.32 Å². The Morgan fingerprint density at radius 1 is 1.10 bits per heavy atom. The molecule has 1 N–H and O–H groups in total. The lowest BCUT2D eigenvalue weighted by Gasteiger charge is -2.17. The van der Waals surface area contributed by atoms with Gasteiger partial charge in [0.2, 0.25) is 0 Å². The maximum Gasteiger partial charge on any atom is 0.126 e. The highest BCUT2D eigenvalue weighted by atomic mass is 19.1. The van der Waals surface area contributed by atoms with Crippen LogP contribution in [0.5, 0.6) is 5.75 Å². The summed E-state index contributed by atoms with van der Waals surface area (Å²) in [6, 6.07) is 11.3. The number of benzene rings is 2. The fourth-order valence-corrected chi connectivity index (χ4v) is 2.33. The van der Waals surface area contributed by atoms with Crippen molar-refractivity contribution in [2.45, 2.75) is 18.9 Å². The number of rotatable bonds is 6. The summed E-state index contributed by atoms with van der Waals surface area (Å²) in [5, 5.41) is 3.15. The Balaban J connectivity index is 2.10. The monoisotopic (exact) mass is 291 g/mol. The maximum atomic E-state index is 13.7. The van der Waals surface area contributed by atoms with Crippen LogP contribution < -0.4 is 10.1 Å². The van der Waals surface area contributed by atoms with E-state index in [4.69, 9.17) is 4.74 Å². The molecular formula is C17H19F2NO. The third kappa shape index (κ3) is 4.26. The Kier molecular flexibility index (Phi) is 5.28. The zero-order valence-electron chi connectivity index (χ0n) is 12.2. The van der Waals surface area contributed by atoms with Crippen LogP contribution in [0, 0.1) is 11.6 Å². The molecule has 1 unspecified atom stereocenters. The fourth-order valence-electron chi connectivity index (χ4n) is 2.33. The standard InChI is InChI=1S/C17H19F2NO/c1-20-15(8-12-4-3-5-16(9-12)21-2)11-13-10-14(18)6-7-17(13)19/h3-7,9-10,15,20H,8,11H2,1-2H3. The molecule has 0 bridgehead atoms. The van der Waals surface area contributed by atoms with E-state index in [1.165, 1.54) is 12.1 Å². The number of likely N-dealkylation sites (N-methyl/N-ethyl adjacent to an activating group) is 1. The highest BCUT2D eigenvalue weighted by molar-refractivity contribution is 5.29. The molecule has 4 heteroatoms. The van der Waals surface area contributed by atoms with Crippen LogP contribution in [-0.4, -0.2) is 20.2 Å². The van der Waals surface area contributed by atoms with E-state index < -0.39 is 5.82 Å². The van der Waals surface area contributed by atoms with E-state index in [0.717, 1.165) is 17.4 Å². The van der Waals surface area contributed by atoms with E-state index in [9.17, 15) is 8.78 Å². The number of ether oxygens (including phenoxy) is 1. The largest absolute Gasteiger partial charge is 0.497 e. The van der Waals surface area contributed by atoms with Crippen molar-refractivity contribution in [2.24, 2.45) is 0 Å². The summed E-state index contributed by atoms with van der Waals surface area (Å²) >= 11 is 0. The Morgan fingerprint density at radius 3 is 2.62 bits per heavy atom. The number of hydrogen-bond acceptors (Lipinski definition) is 2. The molecule has 2 aromatic rings. The Hall–Kier alpha value is -1.94. The van der Waals surface area contributed by atoms with Crippen molar-refractivity contribution in [3.8, 4) is 5.75 Å². The number of methoxy groups -OCH3 is 1. The van der Waals surface area contributed by atoms with Gasteiger partial charge in [-0.15, -0.1) is 0 Å². The van der Waals surface area contributed by atoms with Crippen molar-refractivity contribution >= 4 is 0 Å². The quantitative estimate of drug-likeness (QED) is 0.881. The molecule has 112 valence electrons. The second kappa shape index (κ2) is 7.18. The van der Waals surface area contributed by atoms with Gasteiger partial charge in [-0.25, -0.2) is 8.78 Å². The lowest BCUT2D eigenvalue weighted by molar-refractivity contribution is 0.414. The topological polar surface area (TPSA) is 21.3 Å². The van der Waals surface area contributed by atoms with Crippen molar-refractivity contribution in [3.05, 3.63) is 65.2 Å². The molecule has 2 nitrogen and oxygen atoms in total.